The molecule has 4 heteroatoms. The molecule has 0 heterocycles. The minimum Gasteiger partial charge on any atom is -0.512 e. The summed E-state index contributed by atoms with van der Waals surface area (Å²) < 4.78 is 0. The molecule has 0 radical (unpaired) electrons. The zero-order valence-corrected chi connectivity index (χ0v) is 18.9. The summed E-state index contributed by atoms with van der Waals surface area (Å²) in [5.41, 5.74) is 7.39. The van der Waals surface area contributed by atoms with Crippen molar-refractivity contribution in [3.8, 4) is 0 Å². The van der Waals surface area contributed by atoms with Crippen molar-refractivity contribution in [1.29, 1.82) is 0 Å². The molecule has 3 N–H and O–H groups in total. The van der Waals surface area contributed by atoms with Gasteiger partial charge in [0.2, 0.25) is 0 Å². The number of nitrogens with two attached hydrogens (primary N) is 1. The molecular formula is C27H30N2O2. The number of fused-ring (bicyclic) bond motifs is 1. The Morgan fingerprint density at radius 1 is 0.968 bits per heavy atom. The molecule has 160 valence electrons. The Kier molecular flexibility index (Phi) is 4.92. The maximum Gasteiger partial charge on any atom is 0.167 e. The van der Waals surface area contributed by atoms with Gasteiger partial charge in [-0.25, -0.2) is 0 Å². The lowest BCUT2D eigenvalue weighted by Crippen LogP contribution is -2.30. The summed E-state index contributed by atoms with van der Waals surface area (Å²) >= 11 is 0. The Balaban J connectivity index is 1.78. The van der Waals surface area contributed by atoms with Gasteiger partial charge in [0.05, 0.1) is 11.3 Å². The second-order valence-electron chi connectivity index (χ2n) is 9.79. The second-order valence-corrected chi connectivity index (χ2v) is 9.79. The summed E-state index contributed by atoms with van der Waals surface area (Å²) in [6, 6.07) is 12.0. The third-order valence-electron chi connectivity index (χ3n) is 6.66. The molecule has 0 saturated carbocycles. The number of aliphatic hydroxyl groups excluding tert-OH is 1. The molecule has 4 nitrogen and oxygen atoms in total. The topological polar surface area (TPSA) is 75.7 Å². The summed E-state index contributed by atoms with van der Waals surface area (Å²) in [6.07, 6.45) is 5.36. The number of aliphatic hydroxyl groups is 1. The average molecular weight is 415 g/mol. The van der Waals surface area contributed by atoms with Crippen LogP contribution in [0.4, 0.5) is 0 Å². The summed E-state index contributed by atoms with van der Waals surface area (Å²) in [5, 5.41) is 14.2. The number of hydrogen-bond donors (Lipinski definition) is 2. The van der Waals surface area contributed by atoms with Gasteiger partial charge in [0.1, 0.15) is 5.76 Å². The zero-order chi connectivity index (χ0) is 22.6. The Morgan fingerprint density at radius 3 is 2.06 bits per heavy atom. The molecule has 2 aromatic rings. The van der Waals surface area contributed by atoms with Gasteiger partial charge in [-0.15, -0.1) is 0 Å². The molecule has 0 bridgehead atoms. The second kappa shape index (κ2) is 7.23. The van der Waals surface area contributed by atoms with Gasteiger partial charge in [0.15, 0.2) is 5.78 Å². The van der Waals surface area contributed by atoms with Gasteiger partial charge in [0.25, 0.3) is 0 Å². The van der Waals surface area contributed by atoms with E-state index >= 15 is 0 Å². The number of carbonyl (C=O) groups is 1. The lowest BCUT2D eigenvalue weighted by molar-refractivity contribution is -0.113. The Labute approximate surface area is 184 Å². The first kappa shape index (κ1) is 21.1. The van der Waals surface area contributed by atoms with Crippen molar-refractivity contribution in [2.24, 2.45) is 10.9 Å². The average Bonchev–Trinajstić information content (AvgIpc) is 3.06. The van der Waals surface area contributed by atoms with Crippen molar-refractivity contribution in [2.75, 3.05) is 0 Å². The highest BCUT2D eigenvalue weighted by Gasteiger charge is 2.34. The van der Waals surface area contributed by atoms with Gasteiger partial charge >= 0.3 is 0 Å². The quantitative estimate of drug-likeness (QED) is 0.303. The van der Waals surface area contributed by atoms with Crippen LogP contribution in [0.3, 0.4) is 0 Å². The van der Waals surface area contributed by atoms with Crippen LogP contribution in [-0.4, -0.2) is 16.6 Å². The molecule has 0 atom stereocenters. The lowest BCUT2D eigenvalue weighted by Gasteiger charge is -2.37. The van der Waals surface area contributed by atoms with Crippen LogP contribution in [0.2, 0.25) is 0 Å². The first-order valence-electron chi connectivity index (χ1n) is 10.8. The number of aryl methyl sites for hydroxylation is 1. The van der Waals surface area contributed by atoms with E-state index < -0.39 is 0 Å². The van der Waals surface area contributed by atoms with Gasteiger partial charge in [-0.1, -0.05) is 70.2 Å². The maximum absolute atomic E-state index is 12.1. The first-order valence-corrected chi connectivity index (χ1v) is 10.8. The molecule has 0 amide bonds. The van der Waals surface area contributed by atoms with Crippen molar-refractivity contribution in [3.05, 3.63) is 87.7 Å². The molecule has 0 fully saturated rings. The van der Waals surface area contributed by atoms with Crippen molar-refractivity contribution in [2.45, 2.75) is 58.3 Å². The van der Waals surface area contributed by atoms with Crippen molar-refractivity contribution < 1.29 is 9.90 Å². The predicted molar refractivity (Wildman–Crippen MR) is 126 cm³/mol. The number of Topliss-reactive ketones (excluding diaryl/α,β-unsaturated/α-hetero) is 1. The SMILES string of the molecule is Cc1cc2c(cc1/C(=N/N)c1ccc(C3=C(O)CCC3=O)cc1)C(C)(C)C=CC2(C)C. The van der Waals surface area contributed by atoms with E-state index in [2.05, 4.69) is 64.0 Å². The first-order chi connectivity index (χ1) is 14.5. The fraction of sp³-hybridized carbons (Fsp3) is 0.333. The number of benzene rings is 2. The largest absolute Gasteiger partial charge is 0.512 e. The highest BCUT2D eigenvalue weighted by Crippen LogP contribution is 2.42. The van der Waals surface area contributed by atoms with Gasteiger partial charge in [-0.05, 0) is 35.2 Å². The monoisotopic (exact) mass is 414 g/mol. The number of carbonyl (C=O) groups excluding carboxylic acids is 1. The van der Waals surface area contributed by atoms with E-state index in [1.807, 2.05) is 24.3 Å². The summed E-state index contributed by atoms with van der Waals surface area (Å²) in [6.45, 7) is 11.0. The van der Waals surface area contributed by atoms with E-state index in [9.17, 15) is 9.90 Å². The Bertz CT molecular complexity index is 1160. The fourth-order valence-electron chi connectivity index (χ4n) is 4.69. The fourth-order valence-corrected chi connectivity index (χ4v) is 4.69. The van der Waals surface area contributed by atoms with Crippen molar-refractivity contribution in [3.63, 3.8) is 0 Å². The Morgan fingerprint density at radius 2 is 1.55 bits per heavy atom. The van der Waals surface area contributed by atoms with E-state index in [-0.39, 0.29) is 22.4 Å². The van der Waals surface area contributed by atoms with Crippen LogP contribution in [0.25, 0.3) is 5.57 Å². The minimum atomic E-state index is -0.0797. The molecule has 2 aliphatic rings. The molecule has 0 aromatic heterocycles. The maximum atomic E-state index is 12.1. The van der Waals surface area contributed by atoms with Gasteiger partial charge in [-0.2, -0.15) is 5.10 Å². The van der Waals surface area contributed by atoms with Gasteiger partial charge in [-0.3, -0.25) is 4.79 Å². The predicted octanol–water partition coefficient (Wildman–Crippen LogP) is 5.46. The zero-order valence-electron chi connectivity index (χ0n) is 18.9. The number of rotatable bonds is 3. The molecule has 31 heavy (non-hydrogen) atoms. The molecule has 0 spiro atoms. The summed E-state index contributed by atoms with van der Waals surface area (Å²) in [7, 11) is 0. The van der Waals surface area contributed by atoms with Crippen LogP contribution >= 0.6 is 0 Å². The third kappa shape index (κ3) is 3.50. The number of nitrogens with zero attached hydrogens (tertiary/aromatic N) is 1. The van der Waals surface area contributed by atoms with Crippen LogP contribution in [0.5, 0.6) is 0 Å². The van der Waals surface area contributed by atoms with Crippen molar-refractivity contribution >= 4 is 17.1 Å². The standard InChI is InChI=1S/C27H30N2O2/c1-16-14-20-21(27(4,5)13-12-26(20,2)3)15-19(16)25(29-28)18-8-6-17(7-9-18)24-22(30)10-11-23(24)31/h6-9,12-15,30H,10-11,28H2,1-5H3/b29-25+. The van der Waals surface area contributed by atoms with E-state index in [1.165, 1.54) is 11.1 Å². The molecule has 4 rings (SSSR count). The molecular weight excluding hydrogens is 384 g/mol. The number of hydrazone groups is 1. The van der Waals surface area contributed by atoms with Crippen LogP contribution in [0.15, 0.2) is 59.4 Å². The van der Waals surface area contributed by atoms with E-state index in [0.717, 1.165) is 22.3 Å². The van der Waals surface area contributed by atoms with Gasteiger partial charge in [0, 0.05) is 34.8 Å². The lowest BCUT2D eigenvalue weighted by atomic mass is 9.67. The normalized spacial score (nSPS) is 19.6. The van der Waals surface area contributed by atoms with Crippen LogP contribution in [0.1, 0.15) is 73.9 Å². The number of allylic oxidation sites excluding steroid dienone is 4. The van der Waals surface area contributed by atoms with E-state index in [4.69, 9.17) is 5.84 Å². The minimum absolute atomic E-state index is 0.0126. The smallest absolute Gasteiger partial charge is 0.167 e. The third-order valence-corrected chi connectivity index (χ3v) is 6.66. The van der Waals surface area contributed by atoms with E-state index in [0.29, 0.717) is 24.1 Å². The Hall–Kier alpha value is -3.14. The van der Waals surface area contributed by atoms with Crippen LogP contribution < -0.4 is 5.84 Å². The van der Waals surface area contributed by atoms with Gasteiger partial charge < -0.3 is 10.9 Å². The summed E-state index contributed by atoms with van der Waals surface area (Å²) in [4.78, 5) is 12.1. The van der Waals surface area contributed by atoms with Crippen molar-refractivity contribution in [1.82, 2.24) is 0 Å². The van der Waals surface area contributed by atoms with E-state index in [1.54, 1.807) is 0 Å². The number of hydrogen-bond acceptors (Lipinski definition) is 4. The summed E-state index contributed by atoms with van der Waals surface area (Å²) in [5.74, 6) is 6.04. The highest BCUT2D eigenvalue weighted by molar-refractivity contribution is 6.23. The number of ketones is 1. The van der Waals surface area contributed by atoms with Crippen LogP contribution in [-0.2, 0) is 15.6 Å². The van der Waals surface area contributed by atoms with Crippen LogP contribution in [0, 0.1) is 6.92 Å². The molecule has 0 aliphatic heterocycles. The highest BCUT2D eigenvalue weighted by atomic mass is 16.3. The molecule has 2 aliphatic carbocycles. The molecule has 0 unspecified atom stereocenters. The molecule has 2 aromatic carbocycles. The molecule has 0 saturated heterocycles.